The standard InChI is InChI=1S/C10H14N.3C4H9.Sn/c1-3-11(2)9-10-7-5-4-6-8-10;3*1-3-4-2;/h4-8H,2-3,9H2,1H3;3*1,3-4H2,2H3;. The van der Waals surface area contributed by atoms with E-state index >= 15 is 0 Å². The van der Waals surface area contributed by atoms with Gasteiger partial charge in [0.25, 0.3) is 0 Å². The van der Waals surface area contributed by atoms with Crippen molar-refractivity contribution >= 4 is 18.4 Å². The fraction of sp³-hybridized carbons (Fsp3) is 0.727. The summed E-state index contributed by atoms with van der Waals surface area (Å²) in [6.45, 7) is 11.8. The molecule has 0 amide bonds. The van der Waals surface area contributed by atoms with Crippen molar-refractivity contribution in [3.05, 3.63) is 35.9 Å². The van der Waals surface area contributed by atoms with Crippen LogP contribution >= 0.6 is 0 Å². The van der Waals surface area contributed by atoms with Gasteiger partial charge in [0, 0.05) is 0 Å². The van der Waals surface area contributed by atoms with Gasteiger partial charge in [-0.1, -0.05) is 0 Å². The van der Waals surface area contributed by atoms with E-state index in [0.717, 1.165) is 6.54 Å². The van der Waals surface area contributed by atoms with Crippen molar-refractivity contribution in [2.45, 2.75) is 86.1 Å². The fourth-order valence-electron chi connectivity index (χ4n) is 3.86. The average molecular weight is 438 g/mol. The molecule has 1 aromatic carbocycles. The number of hydrogen-bond acceptors (Lipinski definition) is 1. The summed E-state index contributed by atoms with van der Waals surface area (Å²) < 4.78 is 6.35. The molecule has 0 heterocycles. The molecule has 138 valence electrons. The third-order valence-corrected chi connectivity index (χ3v) is 20.7. The Morgan fingerprint density at radius 2 is 1.25 bits per heavy atom. The number of hydrogen-bond donors (Lipinski definition) is 0. The molecule has 0 N–H and O–H groups in total. The Kier molecular flexibility index (Phi) is 12.1. The van der Waals surface area contributed by atoms with Gasteiger partial charge in [-0.2, -0.15) is 0 Å². The molecular formula is C22H41NSn. The first-order valence-electron chi connectivity index (χ1n) is 10.5. The van der Waals surface area contributed by atoms with Crippen LogP contribution in [0.5, 0.6) is 0 Å². The summed E-state index contributed by atoms with van der Waals surface area (Å²) in [5.74, 6) is 0. The van der Waals surface area contributed by atoms with Gasteiger partial charge in [0.2, 0.25) is 0 Å². The van der Waals surface area contributed by atoms with Gasteiger partial charge in [-0.25, -0.2) is 0 Å². The molecule has 0 radical (unpaired) electrons. The van der Waals surface area contributed by atoms with E-state index in [0.29, 0.717) is 0 Å². The second-order valence-electron chi connectivity index (χ2n) is 7.60. The van der Waals surface area contributed by atoms with Gasteiger partial charge in [-0.05, 0) is 0 Å². The van der Waals surface area contributed by atoms with Gasteiger partial charge in [-0.15, -0.1) is 0 Å². The first-order chi connectivity index (χ1) is 11.7. The van der Waals surface area contributed by atoms with Crippen LogP contribution in [-0.2, 0) is 6.54 Å². The van der Waals surface area contributed by atoms with Gasteiger partial charge < -0.3 is 0 Å². The van der Waals surface area contributed by atoms with Crippen LogP contribution in [0.2, 0.25) is 13.3 Å². The number of rotatable bonds is 14. The number of unbranched alkanes of at least 4 members (excludes halogenated alkanes) is 3. The van der Waals surface area contributed by atoms with Crippen molar-refractivity contribution in [1.29, 1.82) is 0 Å². The molecule has 0 bridgehead atoms. The summed E-state index contributed by atoms with van der Waals surface area (Å²) in [5.41, 5.74) is 1.49. The molecule has 0 aliphatic rings. The van der Waals surface area contributed by atoms with Crippen LogP contribution in [0.3, 0.4) is 0 Å². The summed E-state index contributed by atoms with van der Waals surface area (Å²) in [6, 6.07) is 11.1. The van der Waals surface area contributed by atoms with Crippen LogP contribution in [0.1, 0.15) is 71.8 Å². The Morgan fingerprint density at radius 3 is 1.67 bits per heavy atom. The average Bonchev–Trinajstić information content (AvgIpc) is 2.63. The summed E-state index contributed by atoms with van der Waals surface area (Å²) in [5, 5.41) is 0. The number of nitrogens with zero attached hydrogens (tertiary/aromatic N) is 1. The zero-order valence-corrected chi connectivity index (χ0v) is 19.7. The molecule has 0 unspecified atom stereocenters. The van der Waals surface area contributed by atoms with Crippen LogP contribution in [0, 0.1) is 0 Å². The Balaban J connectivity index is 2.83. The normalized spacial score (nSPS) is 12.0. The molecule has 2 heteroatoms. The van der Waals surface area contributed by atoms with E-state index < -0.39 is 18.4 Å². The van der Waals surface area contributed by atoms with E-state index in [-0.39, 0.29) is 0 Å². The molecular weight excluding hydrogens is 397 g/mol. The third-order valence-electron chi connectivity index (χ3n) is 5.44. The molecule has 0 saturated heterocycles. The van der Waals surface area contributed by atoms with Crippen molar-refractivity contribution in [1.82, 2.24) is 4.90 Å². The molecule has 0 saturated carbocycles. The minimum absolute atomic E-state index is 1.15. The van der Waals surface area contributed by atoms with E-state index in [4.69, 9.17) is 0 Å². The van der Waals surface area contributed by atoms with Crippen molar-refractivity contribution < 1.29 is 0 Å². The second-order valence-corrected chi connectivity index (χ2v) is 21.3. The Labute approximate surface area is 156 Å². The first kappa shape index (κ1) is 22.0. The third kappa shape index (κ3) is 8.38. The SMILES string of the molecule is CCC[CH2][Sn]([CH2]CCC)([CH2]CCC)[CH2]N(CC)Cc1ccccc1. The Hall–Kier alpha value is -0.0213. The monoisotopic (exact) mass is 439 g/mol. The summed E-state index contributed by atoms with van der Waals surface area (Å²) >= 11 is -2.04. The quantitative estimate of drug-likeness (QED) is 0.286. The summed E-state index contributed by atoms with van der Waals surface area (Å²) in [4.78, 5) is 2.78. The van der Waals surface area contributed by atoms with E-state index in [9.17, 15) is 0 Å². The van der Waals surface area contributed by atoms with Crippen molar-refractivity contribution in [3.63, 3.8) is 0 Å². The molecule has 0 aliphatic carbocycles. The van der Waals surface area contributed by atoms with Crippen molar-refractivity contribution in [3.8, 4) is 0 Å². The predicted octanol–water partition coefficient (Wildman–Crippen LogP) is 6.90. The maximum atomic E-state index is 2.78. The van der Waals surface area contributed by atoms with Crippen LogP contribution in [0.15, 0.2) is 30.3 Å². The number of benzene rings is 1. The fourth-order valence-corrected chi connectivity index (χ4v) is 20.5. The van der Waals surface area contributed by atoms with Gasteiger partial charge in [0.1, 0.15) is 0 Å². The van der Waals surface area contributed by atoms with Gasteiger partial charge in [0.05, 0.1) is 0 Å². The van der Waals surface area contributed by atoms with E-state index in [2.05, 4.69) is 62.9 Å². The van der Waals surface area contributed by atoms with E-state index in [1.165, 1.54) is 55.2 Å². The van der Waals surface area contributed by atoms with Gasteiger partial charge in [0.15, 0.2) is 0 Å². The molecule has 0 spiro atoms. The Morgan fingerprint density at radius 1 is 0.750 bits per heavy atom. The maximum absolute atomic E-state index is 2.78. The molecule has 1 nitrogen and oxygen atoms in total. The molecule has 1 aromatic rings. The van der Waals surface area contributed by atoms with Crippen molar-refractivity contribution in [2.24, 2.45) is 0 Å². The van der Waals surface area contributed by atoms with E-state index in [1.54, 1.807) is 13.3 Å². The molecule has 0 atom stereocenters. The van der Waals surface area contributed by atoms with Gasteiger partial charge >= 0.3 is 156 Å². The van der Waals surface area contributed by atoms with Crippen LogP contribution < -0.4 is 0 Å². The topological polar surface area (TPSA) is 3.24 Å². The minimum atomic E-state index is -2.04. The zero-order chi connectivity index (χ0) is 17.7. The molecule has 0 aliphatic heterocycles. The van der Waals surface area contributed by atoms with E-state index in [1.807, 2.05) is 0 Å². The molecule has 0 aromatic heterocycles. The van der Waals surface area contributed by atoms with Gasteiger partial charge in [-0.3, -0.25) is 0 Å². The molecule has 1 rings (SSSR count). The summed E-state index contributed by atoms with van der Waals surface area (Å²) in [6.07, 6.45) is 8.57. The summed E-state index contributed by atoms with van der Waals surface area (Å²) in [7, 11) is 0. The van der Waals surface area contributed by atoms with Crippen LogP contribution in [0.4, 0.5) is 0 Å². The predicted molar refractivity (Wildman–Crippen MR) is 112 cm³/mol. The van der Waals surface area contributed by atoms with Crippen LogP contribution in [-0.4, -0.2) is 34.4 Å². The second kappa shape index (κ2) is 13.2. The van der Waals surface area contributed by atoms with Crippen LogP contribution in [0.25, 0.3) is 0 Å². The zero-order valence-electron chi connectivity index (χ0n) is 16.8. The Bertz CT molecular complexity index is 382. The molecule has 0 fully saturated rings. The van der Waals surface area contributed by atoms with Crippen molar-refractivity contribution in [2.75, 3.05) is 11.1 Å². The molecule has 24 heavy (non-hydrogen) atoms. The first-order valence-corrected chi connectivity index (χ1v) is 18.5.